The Morgan fingerprint density at radius 2 is 2.60 bits per heavy atom. The molecule has 0 radical (unpaired) electrons. The van der Waals surface area contributed by atoms with Crippen LogP contribution < -0.4 is 5.73 Å². The molecule has 0 saturated heterocycles. The lowest BCUT2D eigenvalue weighted by atomic mass is 10.5. The second kappa shape index (κ2) is 2.49. The SMILES string of the molecule is NCc1cnc(C(=O)O)o1. The van der Waals surface area contributed by atoms with Crippen LogP contribution in [-0.4, -0.2) is 16.1 Å². The molecular formula is C5H6N2O3. The summed E-state index contributed by atoms with van der Waals surface area (Å²) in [5.41, 5.74) is 5.14. The van der Waals surface area contributed by atoms with Crippen LogP contribution in [0.2, 0.25) is 0 Å². The Hall–Kier alpha value is -1.36. The number of aromatic carboxylic acids is 1. The fraction of sp³-hybridized carbons (Fsp3) is 0.200. The molecule has 0 fully saturated rings. The highest BCUT2D eigenvalue weighted by Crippen LogP contribution is 2.01. The van der Waals surface area contributed by atoms with Gasteiger partial charge in [0.2, 0.25) is 0 Å². The van der Waals surface area contributed by atoms with Crippen LogP contribution >= 0.6 is 0 Å². The van der Waals surface area contributed by atoms with Crippen LogP contribution in [0.1, 0.15) is 16.4 Å². The van der Waals surface area contributed by atoms with E-state index in [0.717, 1.165) is 0 Å². The van der Waals surface area contributed by atoms with Gasteiger partial charge in [-0.25, -0.2) is 9.78 Å². The molecule has 1 aromatic heterocycles. The standard InChI is InChI=1S/C5H6N2O3/c6-1-3-2-7-4(10-3)5(8)9/h2H,1,6H2,(H,8,9). The smallest absolute Gasteiger partial charge is 0.392 e. The third-order valence-corrected chi connectivity index (χ3v) is 0.938. The number of aromatic nitrogens is 1. The van der Waals surface area contributed by atoms with Gasteiger partial charge in [-0.3, -0.25) is 0 Å². The van der Waals surface area contributed by atoms with Crippen molar-refractivity contribution in [2.24, 2.45) is 5.73 Å². The summed E-state index contributed by atoms with van der Waals surface area (Å²) in [6.07, 6.45) is 1.30. The minimum Gasteiger partial charge on any atom is -0.474 e. The van der Waals surface area contributed by atoms with Crippen molar-refractivity contribution in [1.82, 2.24) is 4.98 Å². The van der Waals surface area contributed by atoms with E-state index < -0.39 is 5.97 Å². The molecule has 1 heterocycles. The summed E-state index contributed by atoms with van der Waals surface area (Å²) in [6.45, 7) is 0.167. The predicted molar refractivity (Wildman–Crippen MR) is 31.4 cm³/mol. The number of hydrogen-bond donors (Lipinski definition) is 2. The molecule has 5 heteroatoms. The lowest BCUT2D eigenvalue weighted by molar-refractivity contribution is 0.0651. The summed E-state index contributed by atoms with van der Waals surface area (Å²) >= 11 is 0. The highest BCUT2D eigenvalue weighted by molar-refractivity contribution is 5.81. The molecule has 0 aromatic carbocycles. The molecule has 1 rings (SSSR count). The second-order valence-corrected chi connectivity index (χ2v) is 1.64. The number of oxazole rings is 1. The topological polar surface area (TPSA) is 89.3 Å². The molecule has 5 nitrogen and oxygen atoms in total. The highest BCUT2D eigenvalue weighted by atomic mass is 16.4. The van der Waals surface area contributed by atoms with Gasteiger partial charge in [-0.2, -0.15) is 0 Å². The number of carboxylic acids is 1. The van der Waals surface area contributed by atoms with Gasteiger partial charge in [-0.05, 0) is 0 Å². The van der Waals surface area contributed by atoms with Crippen molar-refractivity contribution < 1.29 is 14.3 Å². The fourth-order valence-corrected chi connectivity index (χ4v) is 0.501. The van der Waals surface area contributed by atoms with Gasteiger partial charge in [-0.15, -0.1) is 0 Å². The van der Waals surface area contributed by atoms with E-state index in [2.05, 4.69) is 9.40 Å². The number of nitrogens with two attached hydrogens (primary N) is 1. The molecule has 0 amide bonds. The van der Waals surface area contributed by atoms with Crippen molar-refractivity contribution in [3.05, 3.63) is 17.8 Å². The lowest BCUT2D eigenvalue weighted by Gasteiger charge is -1.83. The monoisotopic (exact) mass is 142 g/mol. The van der Waals surface area contributed by atoms with Gasteiger partial charge in [-0.1, -0.05) is 0 Å². The fourth-order valence-electron chi connectivity index (χ4n) is 0.501. The molecule has 0 spiro atoms. The minimum absolute atomic E-state index is 0.167. The predicted octanol–water partition coefficient (Wildman–Crippen LogP) is -0.169. The molecule has 3 N–H and O–H groups in total. The first-order valence-corrected chi connectivity index (χ1v) is 2.62. The van der Waals surface area contributed by atoms with Gasteiger partial charge >= 0.3 is 11.9 Å². The van der Waals surface area contributed by atoms with Crippen molar-refractivity contribution >= 4 is 5.97 Å². The summed E-state index contributed by atoms with van der Waals surface area (Å²) in [5, 5.41) is 8.30. The number of carbonyl (C=O) groups is 1. The van der Waals surface area contributed by atoms with Crippen molar-refractivity contribution in [1.29, 1.82) is 0 Å². The maximum absolute atomic E-state index is 10.1. The number of hydrogen-bond acceptors (Lipinski definition) is 4. The Morgan fingerprint density at radius 1 is 1.90 bits per heavy atom. The first-order valence-electron chi connectivity index (χ1n) is 2.62. The number of carboxylic acid groups (broad SMARTS) is 1. The zero-order valence-corrected chi connectivity index (χ0v) is 5.07. The summed E-state index contributed by atoms with van der Waals surface area (Å²) in [6, 6.07) is 0. The van der Waals surface area contributed by atoms with Crippen molar-refractivity contribution in [3.8, 4) is 0 Å². The zero-order chi connectivity index (χ0) is 7.56. The average Bonchev–Trinajstić information content (AvgIpc) is 2.34. The normalized spacial score (nSPS) is 9.70. The molecule has 0 atom stereocenters. The number of rotatable bonds is 2. The van der Waals surface area contributed by atoms with Crippen LogP contribution in [0.15, 0.2) is 10.6 Å². The maximum Gasteiger partial charge on any atom is 0.392 e. The van der Waals surface area contributed by atoms with E-state index in [1.165, 1.54) is 6.20 Å². The maximum atomic E-state index is 10.1. The van der Waals surface area contributed by atoms with E-state index in [1.807, 2.05) is 0 Å². The molecule has 0 aliphatic carbocycles. The van der Waals surface area contributed by atoms with E-state index in [9.17, 15) is 4.79 Å². The van der Waals surface area contributed by atoms with Crippen LogP contribution in [-0.2, 0) is 6.54 Å². The molecule has 0 unspecified atom stereocenters. The van der Waals surface area contributed by atoms with E-state index in [0.29, 0.717) is 5.76 Å². The zero-order valence-electron chi connectivity index (χ0n) is 5.07. The first-order chi connectivity index (χ1) is 4.74. The Kier molecular flexibility index (Phi) is 1.68. The Morgan fingerprint density at radius 3 is 2.90 bits per heavy atom. The second-order valence-electron chi connectivity index (χ2n) is 1.64. The molecule has 54 valence electrons. The van der Waals surface area contributed by atoms with Crippen LogP contribution in [0, 0.1) is 0 Å². The summed E-state index contributed by atoms with van der Waals surface area (Å²) < 4.78 is 4.66. The Balaban J connectivity index is 2.88. The first kappa shape index (κ1) is 6.76. The van der Waals surface area contributed by atoms with Gasteiger partial charge in [0.25, 0.3) is 0 Å². The van der Waals surface area contributed by atoms with Crippen LogP contribution in [0.3, 0.4) is 0 Å². The highest BCUT2D eigenvalue weighted by Gasteiger charge is 2.08. The summed E-state index contributed by atoms with van der Waals surface area (Å²) in [5.74, 6) is -1.13. The van der Waals surface area contributed by atoms with Crippen molar-refractivity contribution in [2.75, 3.05) is 0 Å². The molecule has 0 saturated carbocycles. The minimum atomic E-state index is -1.18. The van der Waals surface area contributed by atoms with Crippen LogP contribution in [0.4, 0.5) is 0 Å². The molecule has 10 heavy (non-hydrogen) atoms. The summed E-state index contributed by atoms with van der Waals surface area (Å²) in [7, 11) is 0. The molecular weight excluding hydrogens is 136 g/mol. The van der Waals surface area contributed by atoms with Gasteiger partial charge in [0.05, 0.1) is 12.7 Å². The largest absolute Gasteiger partial charge is 0.474 e. The Bertz CT molecular complexity index is 243. The Labute approximate surface area is 56.5 Å². The molecule has 0 aliphatic rings. The summed E-state index contributed by atoms with van der Waals surface area (Å²) in [4.78, 5) is 13.6. The van der Waals surface area contributed by atoms with Crippen molar-refractivity contribution in [3.63, 3.8) is 0 Å². The van der Waals surface area contributed by atoms with Gasteiger partial charge < -0.3 is 15.3 Å². The average molecular weight is 142 g/mol. The van der Waals surface area contributed by atoms with Crippen LogP contribution in [0.25, 0.3) is 0 Å². The van der Waals surface area contributed by atoms with E-state index in [-0.39, 0.29) is 12.4 Å². The van der Waals surface area contributed by atoms with Gasteiger partial charge in [0, 0.05) is 0 Å². The molecule has 0 bridgehead atoms. The van der Waals surface area contributed by atoms with E-state index >= 15 is 0 Å². The third kappa shape index (κ3) is 1.14. The van der Waals surface area contributed by atoms with Gasteiger partial charge in [0.1, 0.15) is 5.76 Å². The van der Waals surface area contributed by atoms with Gasteiger partial charge in [0.15, 0.2) is 0 Å². The van der Waals surface area contributed by atoms with Crippen LogP contribution in [0.5, 0.6) is 0 Å². The lowest BCUT2D eigenvalue weighted by Crippen LogP contribution is -1.96. The quantitative estimate of drug-likeness (QED) is 0.598. The molecule has 0 aliphatic heterocycles. The van der Waals surface area contributed by atoms with E-state index in [1.54, 1.807) is 0 Å². The molecule has 1 aromatic rings. The van der Waals surface area contributed by atoms with E-state index in [4.69, 9.17) is 10.8 Å². The van der Waals surface area contributed by atoms with Crippen molar-refractivity contribution in [2.45, 2.75) is 6.54 Å². The third-order valence-electron chi connectivity index (χ3n) is 0.938. The number of nitrogens with zero attached hydrogens (tertiary/aromatic N) is 1.